The molecular weight excluding hydrogens is 248 g/mol. The zero-order chi connectivity index (χ0) is 13.4. The number of nitrogens with two attached hydrogens (primary N) is 1. The number of aliphatic hydroxyl groups is 1. The zero-order valence-electron chi connectivity index (χ0n) is 10.6. The van der Waals surface area contributed by atoms with Crippen molar-refractivity contribution in [2.45, 2.75) is 6.92 Å². The monoisotopic (exact) mass is 268 g/mol. The molecule has 0 amide bonds. The van der Waals surface area contributed by atoms with E-state index in [2.05, 4.69) is 11.8 Å². The molecule has 100 valence electrons. The molecule has 18 heavy (non-hydrogen) atoms. The Morgan fingerprint density at radius 3 is 2.72 bits per heavy atom. The number of ether oxygens (including phenoxy) is 1. The molecule has 5 heteroatoms. The zero-order valence-corrected chi connectivity index (χ0v) is 11.4. The minimum absolute atomic E-state index is 0.164. The fourth-order valence-electron chi connectivity index (χ4n) is 1.65. The first kappa shape index (κ1) is 14.9. The summed E-state index contributed by atoms with van der Waals surface area (Å²) < 4.78 is 5.69. The SMILES string of the molecule is CCN(CCO)CCOc1ccccc1C(N)=S. The molecule has 1 rings (SSSR count). The van der Waals surface area contributed by atoms with Crippen molar-refractivity contribution in [2.75, 3.05) is 32.8 Å². The average Bonchev–Trinajstić information content (AvgIpc) is 2.38. The Morgan fingerprint density at radius 1 is 1.39 bits per heavy atom. The largest absolute Gasteiger partial charge is 0.492 e. The van der Waals surface area contributed by atoms with Crippen molar-refractivity contribution in [1.29, 1.82) is 0 Å². The number of aliphatic hydroxyl groups excluding tert-OH is 1. The summed E-state index contributed by atoms with van der Waals surface area (Å²) in [6.45, 7) is 5.09. The van der Waals surface area contributed by atoms with Gasteiger partial charge in [0.25, 0.3) is 0 Å². The van der Waals surface area contributed by atoms with Gasteiger partial charge >= 0.3 is 0 Å². The average molecular weight is 268 g/mol. The molecule has 0 fully saturated rings. The summed E-state index contributed by atoms with van der Waals surface area (Å²) >= 11 is 4.97. The fourth-order valence-corrected chi connectivity index (χ4v) is 1.82. The smallest absolute Gasteiger partial charge is 0.129 e. The molecule has 0 heterocycles. The van der Waals surface area contributed by atoms with Crippen LogP contribution >= 0.6 is 12.2 Å². The Balaban J connectivity index is 2.50. The molecule has 0 spiro atoms. The highest BCUT2D eigenvalue weighted by molar-refractivity contribution is 7.80. The molecule has 0 saturated heterocycles. The summed E-state index contributed by atoms with van der Waals surface area (Å²) in [5, 5.41) is 8.88. The Bertz CT molecular complexity index is 385. The van der Waals surface area contributed by atoms with E-state index in [4.69, 9.17) is 27.8 Å². The number of likely N-dealkylation sites (N-methyl/N-ethyl adjacent to an activating group) is 1. The van der Waals surface area contributed by atoms with Crippen molar-refractivity contribution < 1.29 is 9.84 Å². The van der Waals surface area contributed by atoms with E-state index < -0.39 is 0 Å². The van der Waals surface area contributed by atoms with Crippen molar-refractivity contribution in [2.24, 2.45) is 5.73 Å². The van der Waals surface area contributed by atoms with Crippen LogP contribution in [0.5, 0.6) is 5.75 Å². The molecular formula is C13H20N2O2S. The lowest BCUT2D eigenvalue weighted by Crippen LogP contribution is -2.31. The number of rotatable bonds is 8. The number of hydrogen-bond acceptors (Lipinski definition) is 4. The van der Waals surface area contributed by atoms with Crippen LogP contribution in [0, 0.1) is 0 Å². The van der Waals surface area contributed by atoms with Crippen LogP contribution in [0.1, 0.15) is 12.5 Å². The number of nitrogens with zero attached hydrogens (tertiary/aromatic N) is 1. The summed E-state index contributed by atoms with van der Waals surface area (Å²) in [6.07, 6.45) is 0. The van der Waals surface area contributed by atoms with Crippen molar-refractivity contribution in [3.8, 4) is 5.75 Å². The minimum atomic E-state index is 0.164. The maximum Gasteiger partial charge on any atom is 0.129 e. The molecule has 4 nitrogen and oxygen atoms in total. The lowest BCUT2D eigenvalue weighted by molar-refractivity contribution is 0.174. The predicted octanol–water partition coefficient (Wildman–Crippen LogP) is 1.01. The molecule has 0 aliphatic rings. The Hall–Kier alpha value is -1.17. The van der Waals surface area contributed by atoms with Crippen LogP contribution < -0.4 is 10.5 Å². The highest BCUT2D eigenvalue weighted by Gasteiger charge is 2.06. The van der Waals surface area contributed by atoms with Gasteiger partial charge in [0.1, 0.15) is 17.3 Å². The number of thiocarbonyl (C=S) groups is 1. The van der Waals surface area contributed by atoms with Crippen LogP contribution in [0.4, 0.5) is 0 Å². The highest BCUT2D eigenvalue weighted by atomic mass is 32.1. The van der Waals surface area contributed by atoms with E-state index >= 15 is 0 Å². The lowest BCUT2D eigenvalue weighted by atomic mass is 10.2. The summed E-state index contributed by atoms with van der Waals surface area (Å²) in [5.41, 5.74) is 6.39. The van der Waals surface area contributed by atoms with Gasteiger partial charge in [0.05, 0.1) is 12.2 Å². The molecule has 0 bridgehead atoms. The second-order valence-corrected chi connectivity index (χ2v) is 4.31. The van der Waals surface area contributed by atoms with E-state index in [0.29, 0.717) is 23.9 Å². The predicted molar refractivity (Wildman–Crippen MR) is 77.0 cm³/mol. The van der Waals surface area contributed by atoms with E-state index in [1.165, 1.54) is 0 Å². The summed E-state index contributed by atoms with van der Waals surface area (Å²) in [6, 6.07) is 7.48. The molecule has 0 aliphatic carbocycles. The lowest BCUT2D eigenvalue weighted by Gasteiger charge is -2.19. The van der Waals surface area contributed by atoms with Gasteiger partial charge in [0.15, 0.2) is 0 Å². The Labute approximate surface area is 113 Å². The second kappa shape index (κ2) is 8.02. The van der Waals surface area contributed by atoms with E-state index in [9.17, 15) is 0 Å². The number of para-hydroxylation sites is 1. The molecule has 3 N–H and O–H groups in total. The van der Waals surface area contributed by atoms with Gasteiger partial charge in [-0.05, 0) is 18.7 Å². The molecule has 0 aliphatic heterocycles. The van der Waals surface area contributed by atoms with Crippen LogP contribution in [0.25, 0.3) is 0 Å². The third kappa shape index (κ3) is 4.60. The molecule has 0 atom stereocenters. The second-order valence-electron chi connectivity index (χ2n) is 3.87. The highest BCUT2D eigenvalue weighted by Crippen LogP contribution is 2.17. The molecule has 1 aromatic rings. The molecule has 0 radical (unpaired) electrons. The van der Waals surface area contributed by atoms with E-state index in [1.54, 1.807) is 0 Å². The van der Waals surface area contributed by atoms with Crippen LogP contribution in [-0.4, -0.2) is 47.8 Å². The van der Waals surface area contributed by atoms with Gasteiger partial charge in [-0.25, -0.2) is 0 Å². The van der Waals surface area contributed by atoms with E-state index in [1.807, 2.05) is 24.3 Å². The van der Waals surface area contributed by atoms with Crippen molar-refractivity contribution >= 4 is 17.2 Å². The van der Waals surface area contributed by atoms with Gasteiger partial charge in [-0.3, -0.25) is 4.90 Å². The van der Waals surface area contributed by atoms with Crippen LogP contribution in [0.2, 0.25) is 0 Å². The Morgan fingerprint density at radius 2 is 2.11 bits per heavy atom. The van der Waals surface area contributed by atoms with Crippen LogP contribution in [0.15, 0.2) is 24.3 Å². The summed E-state index contributed by atoms with van der Waals surface area (Å²) in [7, 11) is 0. The maximum absolute atomic E-state index is 8.88. The van der Waals surface area contributed by atoms with Crippen molar-refractivity contribution in [1.82, 2.24) is 4.90 Å². The van der Waals surface area contributed by atoms with Crippen LogP contribution in [-0.2, 0) is 0 Å². The normalized spacial score (nSPS) is 10.6. The first-order chi connectivity index (χ1) is 8.69. The van der Waals surface area contributed by atoms with Gasteiger partial charge in [0.2, 0.25) is 0 Å². The first-order valence-electron chi connectivity index (χ1n) is 6.03. The van der Waals surface area contributed by atoms with E-state index in [-0.39, 0.29) is 6.61 Å². The summed E-state index contributed by atoms with van der Waals surface area (Å²) in [5.74, 6) is 0.713. The summed E-state index contributed by atoms with van der Waals surface area (Å²) in [4.78, 5) is 2.46. The molecule has 1 aromatic carbocycles. The van der Waals surface area contributed by atoms with Crippen LogP contribution in [0.3, 0.4) is 0 Å². The van der Waals surface area contributed by atoms with Gasteiger partial charge in [-0.2, -0.15) is 0 Å². The maximum atomic E-state index is 8.88. The Kier molecular flexibility index (Phi) is 6.64. The third-order valence-electron chi connectivity index (χ3n) is 2.68. The molecule has 0 unspecified atom stereocenters. The molecule has 0 saturated carbocycles. The van der Waals surface area contributed by atoms with Gasteiger partial charge in [-0.1, -0.05) is 31.3 Å². The molecule has 0 aromatic heterocycles. The van der Waals surface area contributed by atoms with Gasteiger partial charge < -0.3 is 15.6 Å². The van der Waals surface area contributed by atoms with Crippen molar-refractivity contribution in [3.63, 3.8) is 0 Å². The fraction of sp³-hybridized carbons (Fsp3) is 0.462. The standard InChI is InChI=1S/C13H20N2O2S/c1-2-15(7-9-16)8-10-17-12-6-4-3-5-11(12)13(14)18/h3-6,16H,2,7-10H2,1H3,(H2,14,18). The minimum Gasteiger partial charge on any atom is -0.492 e. The van der Waals surface area contributed by atoms with Gasteiger partial charge in [0, 0.05) is 13.1 Å². The first-order valence-corrected chi connectivity index (χ1v) is 6.44. The quantitative estimate of drug-likeness (QED) is 0.689. The van der Waals surface area contributed by atoms with Crippen molar-refractivity contribution in [3.05, 3.63) is 29.8 Å². The number of benzene rings is 1. The van der Waals surface area contributed by atoms with Gasteiger partial charge in [-0.15, -0.1) is 0 Å². The third-order valence-corrected chi connectivity index (χ3v) is 2.90. The van der Waals surface area contributed by atoms with E-state index in [0.717, 1.165) is 18.7 Å². The topological polar surface area (TPSA) is 58.7 Å². The number of hydrogen-bond donors (Lipinski definition) is 2.